The lowest BCUT2D eigenvalue weighted by Crippen LogP contribution is -2.37. The molecule has 1 aliphatic heterocycles. The minimum atomic E-state index is -0.817. The molecule has 0 saturated heterocycles. The Kier molecular flexibility index (Phi) is 4.66. The summed E-state index contributed by atoms with van der Waals surface area (Å²) in [5.74, 6) is -0.817. The van der Waals surface area contributed by atoms with Crippen LogP contribution >= 0.6 is 0 Å². The van der Waals surface area contributed by atoms with E-state index >= 15 is 0 Å². The van der Waals surface area contributed by atoms with Crippen LogP contribution in [0.4, 0.5) is 0 Å². The Morgan fingerprint density at radius 2 is 2.00 bits per heavy atom. The first-order valence-electron chi connectivity index (χ1n) is 1.96. The van der Waals surface area contributed by atoms with E-state index in [1.165, 1.54) is 0 Å². The normalized spacial score (nSPS) is 19.8. The van der Waals surface area contributed by atoms with Crippen LogP contribution in [0.2, 0.25) is 0 Å². The lowest BCUT2D eigenvalue weighted by atomic mass is 10.2. The van der Waals surface area contributed by atoms with Crippen molar-refractivity contribution in [3.8, 4) is 0 Å². The Bertz CT molecular complexity index is 122. The quantitative estimate of drug-likeness (QED) is 0.429. The highest BCUT2D eigenvalue weighted by Crippen LogP contribution is 1.94. The zero-order chi connectivity index (χ0) is 5.28. The van der Waals surface area contributed by atoms with Gasteiger partial charge < -0.3 is 21.4 Å². The van der Waals surface area contributed by atoms with Gasteiger partial charge in [-0.05, 0) is 12.3 Å². The standard InChI is InChI=1S/C4H5NO2.2H2O/c6-4(7)3-1-2-5-3;;/h1-3,5H,(H,6,7);2*1H2. The van der Waals surface area contributed by atoms with Gasteiger partial charge in [0.15, 0.2) is 0 Å². The second-order valence-corrected chi connectivity index (χ2v) is 1.34. The van der Waals surface area contributed by atoms with Gasteiger partial charge in [-0.15, -0.1) is 0 Å². The first-order chi connectivity index (χ1) is 3.30. The fraction of sp³-hybridized carbons (Fsp3) is 0.250. The molecule has 0 aromatic heterocycles. The molecule has 1 aliphatic rings. The van der Waals surface area contributed by atoms with Gasteiger partial charge in [-0.3, -0.25) is 0 Å². The summed E-state index contributed by atoms with van der Waals surface area (Å²) < 4.78 is 0. The van der Waals surface area contributed by atoms with Crippen molar-refractivity contribution in [3.05, 3.63) is 12.3 Å². The largest absolute Gasteiger partial charge is 0.479 e. The predicted octanol–water partition coefficient (Wildman–Crippen LogP) is -2.09. The van der Waals surface area contributed by atoms with Crippen molar-refractivity contribution in [1.82, 2.24) is 5.32 Å². The summed E-state index contributed by atoms with van der Waals surface area (Å²) in [6.07, 6.45) is 3.20. The van der Waals surface area contributed by atoms with Crippen LogP contribution in [0.3, 0.4) is 0 Å². The molecule has 6 N–H and O–H groups in total. The molecule has 0 radical (unpaired) electrons. The summed E-state index contributed by atoms with van der Waals surface area (Å²) in [5, 5.41) is 10.7. The fourth-order valence-corrected chi connectivity index (χ4v) is 0.346. The third-order valence-corrected chi connectivity index (χ3v) is 0.831. The molecule has 1 unspecified atom stereocenters. The molecule has 0 aromatic rings. The molecule has 0 saturated carbocycles. The number of carbonyl (C=O) groups is 1. The third kappa shape index (κ3) is 2.11. The van der Waals surface area contributed by atoms with Crippen LogP contribution in [0, 0.1) is 0 Å². The van der Waals surface area contributed by atoms with Crippen LogP contribution in [0.1, 0.15) is 0 Å². The second-order valence-electron chi connectivity index (χ2n) is 1.34. The summed E-state index contributed by atoms with van der Waals surface area (Å²) in [6, 6.07) is -0.431. The van der Waals surface area contributed by atoms with E-state index in [9.17, 15) is 4.79 Å². The Morgan fingerprint density at radius 1 is 1.56 bits per heavy atom. The number of hydrogen-bond acceptors (Lipinski definition) is 2. The summed E-state index contributed by atoms with van der Waals surface area (Å²) in [7, 11) is 0. The SMILES string of the molecule is O.O.O=C(O)C1C=CN1. The number of nitrogens with one attached hydrogen (secondary N) is 1. The summed E-state index contributed by atoms with van der Waals surface area (Å²) in [5.41, 5.74) is 0. The van der Waals surface area contributed by atoms with Gasteiger partial charge in [-0.2, -0.15) is 0 Å². The summed E-state index contributed by atoms with van der Waals surface area (Å²) in [4.78, 5) is 9.87. The van der Waals surface area contributed by atoms with E-state index in [1.807, 2.05) is 0 Å². The first kappa shape index (κ1) is 10.8. The lowest BCUT2D eigenvalue weighted by Gasteiger charge is -2.14. The average Bonchev–Trinajstić information content (AvgIpc) is 1.23. The van der Waals surface area contributed by atoms with Crippen molar-refractivity contribution in [2.24, 2.45) is 0 Å². The number of hydrogen-bond donors (Lipinski definition) is 2. The zero-order valence-corrected chi connectivity index (χ0v) is 4.59. The molecular weight excluding hydrogens is 126 g/mol. The first-order valence-corrected chi connectivity index (χ1v) is 1.96. The minimum Gasteiger partial charge on any atom is -0.479 e. The Hall–Kier alpha value is -1.07. The Labute approximate surface area is 51.6 Å². The Balaban J connectivity index is 0. The molecule has 1 rings (SSSR count). The van der Waals surface area contributed by atoms with Crippen LogP contribution in [0.15, 0.2) is 12.3 Å². The monoisotopic (exact) mass is 135 g/mol. The van der Waals surface area contributed by atoms with E-state index in [2.05, 4.69) is 5.32 Å². The smallest absolute Gasteiger partial charge is 0.330 e. The van der Waals surface area contributed by atoms with Gasteiger partial charge in [0.2, 0.25) is 0 Å². The Morgan fingerprint density at radius 3 is 2.00 bits per heavy atom. The van der Waals surface area contributed by atoms with Crippen molar-refractivity contribution in [3.63, 3.8) is 0 Å². The van der Waals surface area contributed by atoms with Crippen LogP contribution in [-0.2, 0) is 4.79 Å². The van der Waals surface area contributed by atoms with E-state index in [1.54, 1.807) is 12.3 Å². The highest BCUT2D eigenvalue weighted by atomic mass is 16.4. The summed E-state index contributed by atoms with van der Waals surface area (Å²) >= 11 is 0. The molecule has 1 atom stereocenters. The van der Waals surface area contributed by atoms with Crippen LogP contribution in [0.5, 0.6) is 0 Å². The van der Waals surface area contributed by atoms with Crippen molar-refractivity contribution >= 4 is 5.97 Å². The predicted molar refractivity (Wildman–Crippen MR) is 30.9 cm³/mol. The van der Waals surface area contributed by atoms with Crippen molar-refractivity contribution < 1.29 is 20.9 Å². The molecule has 0 fully saturated rings. The molecule has 9 heavy (non-hydrogen) atoms. The lowest BCUT2D eigenvalue weighted by molar-refractivity contribution is -0.138. The molecule has 54 valence electrons. The van der Waals surface area contributed by atoms with E-state index in [4.69, 9.17) is 5.11 Å². The van der Waals surface area contributed by atoms with Crippen molar-refractivity contribution in [1.29, 1.82) is 0 Å². The molecule has 5 nitrogen and oxygen atoms in total. The van der Waals surface area contributed by atoms with E-state index < -0.39 is 12.0 Å². The fourth-order valence-electron chi connectivity index (χ4n) is 0.346. The van der Waals surface area contributed by atoms with Gasteiger partial charge in [0, 0.05) is 0 Å². The molecule has 0 amide bonds. The highest BCUT2D eigenvalue weighted by Gasteiger charge is 2.15. The van der Waals surface area contributed by atoms with E-state index in [0.717, 1.165) is 0 Å². The van der Waals surface area contributed by atoms with Crippen LogP contribution in [0.25, 0.3) is 0 Å². The molecule has 5 heteroatoms. The van der Waals surface area contributed by atoms with Gasteiger partial charge in [0.05, 0.1) is 0 Å². The molecular formula is C4H9NO4. The maximum absolute atomic E-state index is 9.87. The van der Waals surface area contributed by atoms with Crippen molar-refractivity contribution in [2.45, 2.75) is 6.04 Å². The van der Waals surface area contributed by atoms with Gasteiger partial charge in [-0.1, -0.05) is 0 Å². The second kappa shape index (κ2) is 3.88. The van der Waals surface area contributed by atoms with Gasteiger partial charge in [0.1, 0.15) is 6.04 Å². The van der Waals surface area contributed by atoms with Crippen LogP contribution < -0.4 is 5.32 Å². The highest BCUT2D eigenvalue weighted by molar-refractivity contribution is 5.77. The van der Waals surface area contributed by atoms with Crippen LogP contribution in [-0.4, -0.2) is 28.1 Å². The number of carboxylic acid groups (broad SMARTS) is 1. The third-order valence-electron chi connectivity index (χ3n) is 0.831. The minimum absolute atomic E-state index is 0. The summed E-state index contributed by atoms with van der Waals surface area (Å²) in [6.45, 7) is 0. The maximum atomic E-state index is 9.87. The number of aliphatic carboxylic acids is 1. The maximum Gasteiger partial charge on any atom is 0.330 e. The molecule has 0 spiro atoms. The van der Waals surface area contributed by atoms with Gasteiger partial charge in [-0.25, -0.2) is 4.79 Å². The number of rotatable bonds is 1. The van der Waals surface area contributed by atoms with E-state index in [0.29, 0.717) is 0 Å². The van der Waals surface area contributed by atoms with Crippen molar-refractivity contribution in [2.75, 3.05) is 0 Å². The van der Waals surface area contributed by atoms with Gasteiger partial charge in [0.25, 0.3) is 0 Å². The topological polar surface area (TPSA) is 112 Å². The average molecular weight is 135 g/mol. The van der Waals surface area contributed by atoms with E-state index in [-0.39, 0.29) is 11.0 Å². The molecule has 0 bridgehead atoms. The zero-order valence-electron chi connectivity index (χ0n) is 4.59. The van der Waals surface area contributed by atoms with Gasteiger partial charge >= 0.3 is 5.97 Å². The molecule has 0 aromatic carbocycles. The molecule has 1 heterocycles. The number of carboxylic acids is 1. The molecule has 0 aliphatic carbocycles.